The largest absolute Gasteiger partial charge is 0.497 e. The number of likely N-dealkylation sites (N-methyl/N-ethyl adjacent to an activating group) is 1. The van der Waals surface area contributed by atoms with Gasteiger partial charge in [0.05, 0.1) is 32.2 Å². The molecule has 2 aromatic rings. The van der Waals surface area contributed by atoms with Crippen molar-refractivity contribution in [2.75, 3.05) is 40.2 Å². The Balaban J connectivity index is 2.00. The summed E-state index contributed by atoms with van der Waals surface area (Å²) in [6, 6.07) is 8.32. The van der Waals surface area contributed by atoms with Gasteiger partial charge in [0.1, 0.15) is 17.3 Å². The molecule has 2 amide bonds. The average Bonchev–Trinajstić information content (AvgIpc) is 3.15. The molecule has 0 fully saturated rings. The number of nitrogens with zero attached hydrogens (tertiary/aromatic N) is 1. The number of nitrogens with one attached hydrogen (secondary N) is 2. The monoisotopic (exact) mass is 361 g/mol. The molecule has 140 valence electrons. The summed E-state index contributed by atoms with van der Waals surface area (Å²) in [6.45, 7) is 0.224. The van der Waals surface area contributed by atoms with Crippen LogP contribution in [0.3, 0.4) is 0 Å². The van der Waals surface area contributed by atoms with E-state index in [1.807, 2.05) is 25.1 Å². The van der Waals surface area contributed by atoms with Crippen molar-refractivity contribution in [3.8, 4) is 11.5 Å². The highest BCUT2D eigenvalue weighted by Crippen LogP contribution is 2.28. The fourth-order valence-corrected chi connectivity index (χ4v) is 2.38. The Morgan fingerprint density at radius 1 is 1.15 bits per heavy atom. The molecule has 0 saturated heterocycles. The molecule has 2 rings (SSSR count). The van der Waals surface area contributed by atoms with Gasteiger partial charge in [-0.3, -0.25) is 14.5 Å². The van der Waals surface area contributed by atoms with E-state index in [-0.39, 0.29) is 12.6 Å². The van der Waals surface area contributed by atoms with Gasteiger partial charge in [-0.1, -0.05) is 0 Å². The highest BCUT2D eigenvalue weighted by molar-refractivity contribution is 6.39. The lowest BCUT2D eigenvalue weighted by Crippen LogP contribution is -2.40. The summed E-state index contributed by atoms with van der Waals surface area (Å²) in [7, 11) is 6.71. The van der Waals surface area contributed by atoms with Crippen LogP contribution < -0.4 is 20.1 Å². The van der Waals surface area contributed by atoms with Gasteiger partial charge in [-0.15, -0.1) is 0 Å². The van der Waals surface area contributed by atoms with Crippen LogP contribution in [0.2, 0.25) is 0 Å². The first kappa shape index (κ1) is 19.3. The summed E-state index contributed by atoms with van der Waals surface area (Å²) >= 11 is 0. The van der Waals surface area contributed by atoms with Gasteiger partial charge in [0.25, 0.3) is 0 Å². The van der Waals surface area contributed by atoms with E-state index in [0.717, 1.165) is 0 Å². The Morgan fingerprint density at radius 2 is 1.92 bits per heavy atom. The molecule has 0 spiro atoms. The SMILES string of the molecule is COc1ccc(OC)c(NC(=O)C(=O)NCC(c2ccco2)N(C)C)c1. The van der Waals surface area contributed by atoms with Crippen molar-refractivity contribution in [2.24, 2.45) is 0 Å². The molecule has 26 heavy (non-hydrogen) atoms. The van der Waals surface area contributed by atoms with Crippen LogP contribution in [0.15, 0.2) is 41.0 Å². The van der Waals surface area contributed by atoms with Gasteiger partial charge in [0.15, 0.2) is 0 Å². The highest BCUT2D eigenvalue weighted by atomic mass is 16.5. The first-order valence-electron chi connectivity index (χ1n) is 7.97. The van der Waals surface area contributed by atoms with Crippen LogP contribution in [-0.4, -0.2) is 51.6 Å². The summed E-state index contributed by atoms with van der Waals surface area (Å²) in [6.07, 6.45) is 1.56. The zero-order valence-corrected chi connectivity index (χ0v) is 15.2. The zero-order valence-electron chi connectivity index (χ0n) is 15.2. The summed E-state index contributed by atoms with van der Waals surface area (Å²) in [5.41, 5.74) is 0.349. The maximum absolute atomic E-state index is 12.2. The van der Waals surface area contributed by atoms with Gasteiger partial charge in [0.2, 0.25) is 0 Å². The average molecular weight is 361 g/mol. The van der Waals surface area contributed by atoms with Gasteiger partial charge in [-0.05, 0) is 38.4 Å². The minimum absolute atomic E-state index is 0.187. The second-order valence-corrected chi connectivity index (χ2v) is 5.73. The molecule has 1 aromatic carbocycles. The van der Waals surface area contributed by atoms with E-state index < -0.39 is 11.8 Å². The molecule has 2 N–H and O–H groups in total. The highest BCUT2D eigenvalue weighted by Gasteiger charge is 2.21. The maximum atomic E-state index is 12.2. The van der Waals surface area contributed by atoms with E-state index in [1.165, 1.54) is 14.2 Å². The Labute approximate surface area is 152 Å². The molecule has 0 aliphatic rings. The Kier molecular flexibility index (Phi) is 6.62. The van der Waals surface area contributed by atoms with Crippen LogP contribution in [0.4, 0.5) is 5.69 Å². The summed E-state index contributed by atoms with van der Waals surface area (Å²) in [4.78, 5) is 26.2. The number of hydrogen-bond donors (Lipinski definition) is 2. The zero-order chi connectivity index (χ0) is 19.1. The van der Waals surface area contributed by atoms with E-state index >= 15 is 0 Å². The van der Waals surface area contributed by atoms with Crippen molar-refractivity contribution in [2.45, 2.75) is 6.04 Å². The molecule has 0 aliphatic heterocycles. The molecule has 0 radical (unpaired) electrons. The third-order valence-electron chi connectivity index (χ3n) is 3.81. The summed E-state index contributed by atoms with van der Waals surface area (Å²) < 4.78 is 15.7. The smallest absolute Gasteiger partial charge is 0.313 e. The first-order valence-corrected chi connectivity index (χ1v) is 7.97. The Bertz CT molecular complexity index is 743. The number of methoxy groups -OCH3 is 2. The molecule has 0 saturated carbocycles. The Morgan fingerprint density at radius 3 is 2.50 bits per heavy atom. The fraction of sp³-hybridized carbons (Fsp3) is 0.333. The fourth-order valence-electron chi connectivity index (χ4n) is 2.38. The van der Waals surface area contributed by atoms with Gasteiger partial charge in [-0.2, -0.15) is 0 Å². The van der Waals surface area contributed by atoms with Gasteiger partial charge in [-0.25, -0.2) is 0 Å². The Hall–Kier alpha value is -3.00. The number of anilines is 1. The number of carbonyl (C=O) groups excluding carboxylic acids is 2. The maximum Gasteiger partial charge on any atom is 0.313 e. The van der Waals surface area contributed by atoms with Crippen LogP contribution in [0.1, 0.15) is 11.8 Å². The molecule has 0 bridgehead atoms. The normalized spacial score (nSPS) is 11.7. The van der Waals surface area contributed by atoms with E-state index in [9.17, 15) is 9.59 Å². The minimum atomic E-state index is -0.798. The van der Waals surface area contributed by atoms with Crippen LogP contribution in [0.25, 0.3) is 0 Å². The number of benzene rings is 1. The number of furan rings is 1. The van der Waals surface area contributed by atoms with Crippen LogP contribution >= 0.6 is 0 Å². The molecule has 1 unspecified atom stereocenters. The summed E-state index contributed by atoms with van der Waals surface area (Å²) in [5.74, 6) is 0.104. The lowest BCUT2D eigenvalue weighted by Gasteiger charge is -2.22. The van der Waals surface area contributed by atoms with E-state index in [0.29, 0.717) is 22.9 Å². The molecular formula is C18H23N3O5. The van der Waals surface area contributed by atoms with E-state index in [2.05, 4.69) is 10.6 Å². The lowest BCUT2D eigenvalue weighted by atomic mass is 10.2. The third kappa shape index (κ3) is 4.76. The van der Waals surface area contributed by atoms with Crippen molar-refractivity contribution >= 4 is 17.5 Å². The molecule has 1 heterocycles. The van der Waals surface area contributed by atoms with Crippen LogP contribution in [-0.2, 0) is 9.59 Å². The van der Waals surface area contributed by atoms with Gasteiger partial charge >= 0.3 is 11.8 Å². The number of amides is 2. The van der Waals surface area contributed by atoms with Crippen molar-refractivity contribution in [1.29, 1.82) is 0 Å². The van der Waals surface area contributed by atoms with Crippen molar-refractivity contribution in [1.82, 2.24) is 10.2 Å². The van der Waals surface area contributed by atoms with Gasteiger partial charge < -0.3 is 24.5 Å². The first-order chi connectivity index (χ1) is 12.5. The second kappa shape index (κ2) is 8.91. The number of rotatable bonds is 7. The lowest BCUT2D eigenvalue weighted by molar-refractivity contribution is -0.136. The second-order valence-electron chi connectivity index (χ2n) is 5.73. The molecule has 8 heteroatoms. The summed E-state index contributed by atoms with van der Waals surface area (Å²) in [5, 5.41) is 5.14. The van der Waals surface area contributed by atoms with Crippen molar-refractivity contribution in [3.05, 3.63) is 42.4 Å². The third-order valence-corrected chi connectivity index (χ3v) is 3.81. The number of ether oxygens (including phenoxy) is 2. The molecular weight excluding hydrogens is 338 g/mol. The predicted octanol–water partition coefficient (Wildman–Crippen LogP) is 1.65. The standard InChI is InChI=1S/C18H23N3O5/c1-21(2)14(16-6-5-9-26-16)11-19-17(22)18(23)20-13-10-12(24-3)7-8-15(13)25-4/h5-10,14H,11H2,1-4H3,(H,19,22)(H,20,23). The molecule has 8 nitrogen and oxygen atoms in total. The van der Waals surface area contributed by atoms with E-state index in [1.54, 1.807) is 30.5 Å². The molecule has 1 atom stereocenters. The predicted molar refractivity (Wildman–Crippen MR) is 96.3 cm³/mol. The number of hydrogen-bond acceptors (Lipinski definition) is 6. The topological polar surface area (TPSA) is 93.0 Å². The minimum Gasteiger partial charge on any atom is -0.497 e. The van der Waals surface area contributed by atoms with Crippen LogP contribution in [0, 0.1) is 0 Å². The molecule has 1 aromatic heterocycles. The van der Waals surface area contributed by atoms with Crippen molar-refractivity contribution < 1.29 is 23.5 Å². The quantitative estimate of drug-likeness (QED) is 0.729. The number of carbonyl (C=O) groups is 2. The van der Waals surface area contributed by atoms with Crippen molar-refractivity contribution in [3.63, 3.8) is 0 Å². The van der Waals surface area contributed by atoms with Crippen LogP contribution in [0.5, 0.6) is 11.5 Å². The van der Waals surface area contributed by atoms with Gasteiger partial charge in [0, 0.05) is 12.6 Å². The molecule has 0 aliphatic carbocycles. The van der Waals surface area contributed by atoms with E-state index in [4.69, 9.17) is 13.9 Å².